The minimum atomic E-state index is 0.851. The van der Waals surface area contributed by atoms with Gasteiger partial charge in [0.1, 0.15) is 16.7 Å². The summed E-state index contributed by atoms with van der Waals surface area (Å²) < 4.78 is 13.0. The van der Waals surface area contributed by atoms with Gasteiger partial charge in [0.2, 0.25) is 0 Å². The van der Waals surface area contributed by atoms with Crippen LogP contribution in [0.25, 0.3) is 76.9 Å². The number of rotatable bonds is 5. The minimum Gasteiger partial charge on any atom is -0.456 e. The van der Waals surface area contributed by atoms with E-state index in [0.29, 0.717) is 0 Å². The highest BCUT2D eigenvalue weighted by molar-refractivity contribution is 6.15. The molecule has 0 radical (unpaired) electrons. The largest absolute Gasteiger partial charge is 0.456 e. The van der Waals surface area contributed by atoms with Crippen LogP contribution >= 0.6 is 0 Å². The second-order valence-corrected chi connectivity index (χ2v) is 12.5. The highest BCUT2D eigenvalue weighted by atomic mass is 16.3. The van der Waals surface area contributed by atoms with E-state index in [-0.39, 0.29) is 0 Å². The van der Waals surface area contributed by atoms with E-state index in [9.17, 15) is 0 Å². The summed E-state index contributed by atoms with van der Waals surface area (Å²) in [6, 6.07) is 62.0. The first kappa shape index (κ1) is 27.5. The van der Waals surface area contributed by atoms with E-state index in [0.717, 1.165) is 72.1 Å². The molecule has 0 amide bonds. The first-order chi connectivity index (χ1) is 24.3. The fourth-order valence-electron chi connectivity index (χ4n) is 7.38. The van der Waals surface area contributed by atoms with Crippen LogP contribution in [0, 0.1) is 0 Å². The second-order valence-electron chi connectivity index (χ2n) is 12.5. The lowest BCUT2D eigenvalue weighted by molar-refractivity contribution is 0.668. The summed E-state index contributed by atoms with van der Waals surface area (Å²) in [7, 11) is 0. The fourth-order valence-corrected chi connectivity index (χ4v) is 7.38. The van der Waals surface area contributed by atoms with Crippen molar-refractivity contribution in [2.75, 3.05) is 4.90 Å². The molecule has 8 aromatic carbocycles. The number of hydrogen-bond donors (Lipinski definition) is 0. The highest BCUT2D eigenvalue weighted by Gasteiger charge is 2.23. The average molecular weight is 628 g/mol. The van der Waals surface area contributed by atoms with Crippen LogP contribution < -0.4 is 4.90 Å². The zero-order chi connectivity index (χ0) is 32.3. The zero-order valence-electron chi connectivity index (χ0n) is 26.5. The van der Waals surface area contributed by atoms with Crippen LogP contribution in [0.3, 0.4) is 0 Å². The van der Waals surface area contributed by atoms with Gasteiger partial charge in [-0.3, -0.25) is 0 Å². The lowest BCUT2D eigenvalue weighted by atomic mass is 9.96. The number of para-hydroxylation sites is 4. The van der Waals surface area contributed by atoms with Gasteiger partial charge in [0.25, 0.3) is 0 Å². The zero-order valence-corrected chi connectivity index (χ0v) is 26.5. The van der Waals surface area contributed by atoms with Crippen molar-refractivity contribution in [3.05, 3.63) is 176 Å². The smallest absolute Gasteiger partial charge is 0.159 e. The third-order valence-electron chi connectivity index (χ3n) is 9.67. The number of nitrogens with zero attached hydrogens (tertiary/aromatic N) is 1. The van der Waals surface area contributed by atoms with Gasteiger partial charge in [-0.1, -0.05) is 127 Å². The Hall–Kier alpha value is -6.58. The number of fused-ring (bicyclic) bond motifs is 7. The first-order valence-corrected chi connectivity index (χ1v) is 16.6. The van der Waals surface area contributed by atoms with Crippen LogP contribution in [-0.4, -0.2) is 0 Å². The lowest BCUT2D eigenvalue weighted by Crippen LogP contribution is -2.11. The molecule has 2 heterocycles. The van der Waals surface area contributed by atoms with E-state index >= 15 is 0 Å². The molecule has 0 atom stereocenters. The Balaban J connectivity index is 1.21. The maximum atomic E-state index is 6.65. The fraction of sp³-hybridized carbons (Fsp3) is 0. The molecule has 0 aliphatic heterocycles. The Morgan fingerprint density at radius 3 is 1.86 bits per heavy atom. The lowest BCUT2D eigenvalue weighted by Gasteiger charge is -2.28. The molecule has 2 aromatic heterocycles. The summed E-state index contributed by atoms with van der Waals surface area (Å²) >= 11 is 0. The Kier molecular flexibility index (Phi) is 6.18. The number of hydrogen-bond acceptors (Lipinski definition) is 3. The molecule has 0 aliphatic rings. The number of benzene rings is 8. The molecule has 0 spiro atoms. The molecule has 230 valence electrons. The van der Waals surface area contributed by atoms with Crippen LogP contribution in [0.15, 0.2) is 185 Å². The van der Waals surface area contributed by atoms with E-state index in [1.54, 1.807) is 0 Å². The van der Waals surface area contributed by atoms with E-state index < -0.39 is 0 Å². The van der Waals surface area contributed by atoms with E-state index in [1.807, 2.05) is 24.3 Å². The third kappa shape index (κ3) is 4.44. The van der Waals surface area contributed by atoms with E-state index in [1.165, 1.54) is 21.9 Å². The van der Waals surface area contributed by atoms with Gasteiger partial charge in [0, 0.05) is 32.8 Å². The van der Waals surface area contributed by atoms with Crippen molar-refractivity contribution in [1.82, 2.24) is 0 Å². The third-order valence-corrected chi connectivity index (χ3v) is 9.67. The van der Waals surface area contributed by atoms with E-state index in [4.69, 9.17) is 8.83 Å². The first-order valence-electron chi connectivity index (χ1n) is 16.6. The molecule has 0 N–H and O–H groups in total. The molecule has 0 saturated carbocycles. The molecule has 49 heavy (non-hydrogen) atoms. The van der Waals surface area contributed by atoms with Crippen LogP contribution in [0.1, 0.15) is 0 Å². The van der Waals surface area contributed by atoms with Crippen molar-refractivity contribution in [3.8, 4) is 22.3 Å². The molecule has 10 rings (SSSR count). The minimum absolute atomic E-state index is 0.851. The van der Waals surface area contributed by atoms with Gasteiger partial charge < -0.3 is 13.7 Å². The summed E-state index contributed by atoms with van der Waals surface area (Å²) in [5.74, 6) is 0. The van der Waals surface area contributed by atoms with Crippen LogP contribution in [0.2, 0.25) is 0 Å². The second kappa shape index (κ2) is 11.0. The number of furan rings is 2. The quantitative estimate of drug-likeness (QED) is 0.190. The Bertz CT molecular complexity index is 2840. The van der Waals surface area contributed by atoms with Gasteiger partial charge >= 0.3 is 0 Å². The topological polar surface area (TPSA) is 29.5 Å². The van der Waals surface area contributed by atoms with Crippen LogP contribution in [0.4, 0.5) is 17.1 Å². The van der Waals surface area contributed by atoms with Crippen molar-refractivity contribution in [2.45, 2.75) is 0 Å². The summed E-state index contributed by atoms with van der Waals surface area (Å²) in [5.41, 5.74) is 11.1. The monoisotopic (exact) mass is 627 g/mol. The molecule has 0 unspecified atom stereocenters. The van der Waals surface area contributed by atoms with Crippen molar-refractivity contribution in [2.24, 2.45) is 0 Å². The molecule has 0 saturated heterocycles. The number of anilines is 3. The summed E-state index contributed by atoms with van der Waals surface area (Å²) in [4.78, 5) is 2.34. The molecule has 3 heteroatoms. The maximum Gasteiger partial charge on any atom is 0.159 e. The molecular weight excluding hydrogens is 599 g/mol. The Morgan fingerprint density at radius 2 is 0.980 bits per heavy atom. The highest BCUT2D eigenvalue weighted by Crippen LogP contribution is 2.47. The van der Waals surface area contributed by atoms with Gasteiger partial charge in [-0.25, -0.2) is 0 Å². The van der Waals surface area contributed by atoms with E-state index in [2.05, 4.69) is 157 Å². The van der Waals surface area contributed by atoms with Crippen LogP contribution in [-0.2, 0) is 0 Å². The standard InChI is InChI=1S/C46H29NO2/c1-2-12-32-29-33(24-23-30(32)11-1)31-25-27-34(28-26-31)47(41-19-9-17-38-36-14-4-7-20-42(36)49-46(38)41)40-18-6-3-13-35(40)37-16-10-22-44-45(37)39-15-5-8-21-43(39)48-44/h1-29H. The van der Waals surface area contributed by atoms with Crippen molar-refractivity contribution >= 4 is 71.7 Å². The van der Waals surface area contributed by atoms with Gasteiger partial charge in [0.15, 0.2) is 5.58 Å². The van der Waals surface area contributed by atoms with Gasteiger partial charge in [0.05, 0.1) is 11.4 Å². The molecule has 10 aromatic rings. The van der Waals surface area contributed by atoms with Crippen molar-refractivity contribution < 1.29 is 8.83 Å². The van der Waals surface area contributed by atoms with Crippen molar-refractivity contribution in [3.63, 3.8) is 0 Å². The molecule has 0 bridgehead atoms. The summed E-state index contributed by atoms with van der Waals surface area (Å²) in [6.45, 7) is 0. The van der Waals surface area contributed by atoms with Crippen molar-refractivity contribution in [1.29, 1.82) is 0 Å². The van der Waals surface area contributed by atoms with Crippen LogP contribution in [0.5, 0.6) is 0 Å². The Morgan fingerprint density at radius 1 is 0.367 bits per heavy atom. The van der Waals surface area contributed by atoms with Gasteiger partial charge in [-0.2, -0.15) is 0 Å². The van der Waals surface area contributed by atoms with Gasteiger partial charge in [-0.05, 0) is 76.0 Å². The summed E-state index contributed by atoms with van der Waals surface area (Å²) in [5, 5.41) is 6.88. The van der Waals surface area contributed by atoms with Gasteiger partial charge in [-0.15, -0.1) is 0 Å². The summed E-state index contributed by atoms with van der Waals surface area (Å²) in [6.07, 6.45) is 0. The SMILES string of the molecule is c1ccc(N(c2ccc(-c3ccc4ccccc4c3)cc2)c2cccc3c2oc2ccccc23)c(-c2cccc3oc4ccccc4c23)c1. The predicted octanol–water partition coefficient (Wildman–Crippen LogP) is 13.4. The normalized spacial score (nSPS) is 11.7. The molecule has 0 aliphatic carbocycles. The predicted molar refractivity (Wildman–Crippen MR) is 204 cm³/mol. The average Bonchev–Trinajstić information content (AvgIpc) is 3.75. The molecule has 3 nitrogen and oxygen atoms in total. The Labute approximate surface area is 282 Å². The molecular formula is C46H29NO2. The maximum absolute atomic E-state index is 6.65. The molecule has 0 fully saturated rings.